The Morgan fingerprint density at radius 2 is 1.89 bits per heavy atom. The maximum absolute atomic E-state index is 5.70. The van der Waals surface area contributed by atoms with E-state index in [0.29, 0.717) is 11.8 Å². The van der Waals surface area contributed by atoms with Gasteiger partial charge in [0.15, 0.2) is 5.82 Å². The molecule has 0 aliphatic carbocycles. The first-order valence-electron chi connectivity index (χ1n) is 7.34. The SMILES string of the molecule is CC(C)Cc1noc(CCC(CCN)C(C)(C)C)n1. The Bertz CT molecular complexity index is 366. The Hall–Kier alpha value is -0.900. The van der Waals surface area contributed by atoms with Gasteiger partial charge in [0.05, 0.1) is 0 Å². The van der Waals surface area contributed by atoms with E-state index in [1.807, 2.05) is 0 Å². The number of aryl methyl sites for hydroxylation is 1. The number of nitrogens with zero attached hydrogens (tertiary/aromatic N) is 2. The summed E-state index contributed by atoms with van der Waals surface area (Å²) in [7, 11) is 0. The van der Waals surface area contributed by atoms with E-state index in [1.165, 1.54) is 0 Å². The fraction of sp³-hybridized carbons (Fsp3) is 0.867. The van der Waals surface area contributed by atoms with Gasteiger partial charge in [-0.15, -0.1) is 0 Å². The molecule has 0 aliphatic rings. The van der Waals surface area contributed by atoms with Gasteiger partial charge in [0.1, 0.15) is 0 Å². The van der Waals surface area contributed by atoms with Gasteiger partial charge >= 0.3 is 0 Å². The summed E-state index contributed by atoms with van der Waals surface area (Å²) in [5, 5.41) is 4.03. The lowest BCUT2D eigenvalue weighted by Crippen LogP contribution is -2.24. The molecule has 4 nitrogen and oxygen atoms in total. The lowest BCUT2D eigenvalue weighted by Gasteiger charge is -2.30. The average molecular weight is 267 g/mol. The van der Waals surface area contributed by atoms with Crippen molar-refractivity contribution in [2.45, 2.75) is 60.3 Å². The van der Waals surface area contributed by atoms with Gasteiger partial charge in [-0.3, -0.25) is 0 Å². The smallest absolute Gasteiger partial charge is 0.226 e. The fourth-order valence-electron chi connectivity index (χ4n) is 2.35. The molecule has 0 saturated carbocycles. The third-order valence-electron chi connectivity index (χ3n) is 3.55. The van der Waals surface area contributed by atoms with Crippen LogP contribution < -0.4 is 5.73 Å². The Labute approximate surface area is 117 Å². The molecule has 1 rings (SSSR count). The first kappa shape index (κ1) is 16.2. The van der Waals surface area contributed by atoms with Crippen molar-refractivity contribution in [1.29, 1.82) is 0 Å². The molecule has 0 amide bonds. The number of aromatic nitrogens is 2. The lowest BCUT2D eigenvalue weighted by molar-refractivity contribution is 0.208. The molecule has 0 radical (unpaired) electrons. The highest BCUT2D eigenvalue weighted by molar-refractivity contribution is 4.88. The Morgan fingerprint density at radius 1 is 1.21 bits per heavy atom. The van der Waals surface area contributed by atoms with Gasteiger partial charge in [0, 0.05) is 12.8 Å². The largest absolute Gasteiger partial charge is 0.339 e. The third-order valence-corrected chi connectivity index (χ3v) is 3.55. The highest BCUT2D eigenvalue weighted by atomic mass is 16.5. The predicted octanol–water partition coefficient (Wildman–Crippen LogP) is 3.21. The summed E-state index contributed by atoms with van der Waals surface area (Å²) in [6.07, 6.45) is 3.85. The summed E-state index contributed by atoms with van der Waals surface area (Å²) in [6, 6.07) is 0. The van der Waals surface area contributed by atoms with Crippen LogP contribution in [0.4, 0.5) is 0 Å². The highest BCUT2D eigenvalue weighted by Crippen LogP contribution is 2.32. The van der Waals surface area contributed by atoms with Crippen LogP contribution >= 0.6 is 0 Å². The molecule has 0 saturated heterocycles. The molecule has 1 atom stereocenters. The number of rotatable bonds is 7. The van der Waals surface area contributed by atoms with Crippen LogP contribution in [0.1, 0.15) is 59.2 Å². The van der Waals surface area contributed by atoms with Gasteiger partial charge in [-0.2, -0.15) is 4.98 Å². The zero-order valence-corrected chi connectivity index (χ0v) is 13.1. The number of hydrogen-bond acceptors (Lipinski definition) is 4. The van der Waals surface area contributed by atoms with E-state index in [2.05, 4.69) is 44.8 Å². The normalized spacial score (nSPS) is 14.1. The lowest BCUT2D eigenvalue weighted by atomic mass is 9.76. The fourth-order valence-corrected chi connectivity index (χ4v) is 2.35. The first-order valence-corrected chi connectivity index (χ1v) is 7.34. The standard InChI is InChI=1S/C15H29N3O/c1-11(2)10-13-17-14(19-18-13)7-6-12(8-9-16)15(3,4)5/h11-12H,6-10,16H2,1-5H3. The van der Waals surface area contributed by atoms with Gasteiger partial charge in [-0.05, 0) is 36.6 Å². The molecule has 1 aromatic heterocycles. The van der Waals surface area contributed by atoms with Crippen molar-refractivity contribution in [3.63, 3.8) is 0 Å². The van der Waals surface area contributed by atoms with Gasteiger partial charge in [0.25, 0.3) is 0 Å². The Kier molecular flexibility index (Phi) is 5.98. The van der Waals surface area contributed by atoms with Crippen molar-refractivity contribution in [3.05, 3.63) is 11.7 Å². The minimum atomic E-state index is 0.278. The average Bonchev–Trinajstić information content (AvgIpc) is 2.69. The summed E-state index contributed by atoms with van der Waals surface area (Å²) < 4.78 is 5.31. The van der Waals surface area contributed by atoms with Crippen LogP contribution in [0.25, 0.3) is 0 Å². The van der Waals surface area contributed by atoms with Crippen molar-refractivity contribution >= 4 is 0 Å². The van der Waals surface area contributed by atoms with E-state index in [0.717, 1.165) is 43.9 Å². The first-order chi connectivity index (χ1) is 8.82. The summed E-state index contributed by atoms with van der Waals surface area (Å²) in [6.45, 7) is 11.9. The van der Waals surface area contributed by atoms with E-state index in [1.54, 1.807) is 0 Å². The molecule has 4 heteroatoms. The van der Waals surface area contributed by atoms with Crippen LogP contribution in [-0.4, -0.2) is 16.7 Å². The topological polar surface area (TPSA) is 64.9 Å². The molecular weight excluding hydrogens is 238 g/mol. The Balaban J connectivity index is 2.52. The molecule has 0 spiro atoms. The van der Waals surface area contributed by atoms with Crippen LogP contribution in [0.15, 0.2) is 4.52 Å². The third kappa shape index (κ3) is 5.72. The number of nitrogens with two attached hydrogens (primary N) is 1. The van der Waals surface area contributed by atoms with Crippen LogP contribution in [0.3, 0.4) is 0 Å². The Morgan fingerprint density at radius 3 is 2.42 bits per heavy atom. The minimum absolute atomic E-state index is 0.278. The van der Waals surface area contributed by atoms with Crippen molar-refractivity contribution < 1.29 is 4.52 Å². The van der Waals surface area contributed by atoms with Gasteiger partial charge < -0.3 is 10.3 Å². The van der Waals surface area contributed by atoms with Crippen molar-refractivity contribution in [2.75, 3.05) is 6.54 Å². The van der Waals surface area contributed by atoms with E-state index in [9.17, 15) is 0 Å². The second-order valence-electron chi connectivity index (χ2n) is 6.88. The van der Waals surface area contributed by atoms with Gasteiger partial charge in [-0.1, -0.05) is 39.8 Å². The maximum Gasteiger partial charge on any atom is 0.226 e. The van der Waals surface area contributed by atoms with Crippen molar-refractivity contribution in [2.24, 2.45) is 23.0 Å². The molecule has 1 heterocycles. The van der Waals surface area contributed by atoms with Crippen LogP contribution in [0.5, 0.6) is 0 Å². The molecule has 0 fully saturated rings. The molecule has 1 aromatic rings. The predicted molar refractivity (Wildman–Crippen MR) is 77.8 cm³/mol. The summed E-state index contributed by atoms with van der Waals surface area (Å²) in [5.41, 5.74) is 5.98. The molecule has 0 aliphatic heterocycles. The second-order valence-corrected chi connectivity index (χ2v) is 6.88. The molecule has 19 heavy (non-hydrogen) atoms. The molecule has 0 bridgehead atoms. The molecule has 110 valence electrons. The monoisotopic (exact) mass is 267 g/mol. The summed E-state index contributed by atoms with van der Waals surface area (Å²) in [4.78, 5) is 4.46. The van der Waals surface area contributed by atoms with Crippen LogP contribution in [0.2, 0.25) is 0 Å². The second kappa shape index (κ2) is 7.04. The zero-order chi connectivity index (χ0) is 14.5. The number of hydrogen-bond donors (Lipinski definition) is 1. The highest BCUT2D eigenvalue weighted by Gasteiger charge is 2.24. The maximum atomic E-state index is 5.70. The van der Waals surface area contributed by atoms with E-state index in [4.69, 9.17) is 10.3 Å². The van der Waals surface area contributed by atoms with Crippen molar-refractivity contribution in [1.82, 2.24) is 10.1 Å². The van der Waals surface area contributed by atoms with Crippen LogP contribution in [-0.2, 0) is 12.8 Å². The molecule has 2 N–H and O–H groups in total. The quantitative estimate of drug-likeness (QED) is 0.824. The van der Waals surface area contributed by atoms with E-state index in [-0.39, 0.29) is 5.41 Å². The molecular formula is C15H29N3O. The minimum Gasteiger partial charge on any atom is -0.339 e. The van der Waals surface area contributed by atoms with Crippen molar-refractivity contribution in [3.8, 4) is 0 Å². The summed E-state index contributed by atoms with van der Waals surface area (Å²) >= 11 is 0. The summed E-state index contributed by atoms with van der Waals surface area (Å²) in [5.74, 6) is 2.75. The molecule has 0 aromatic carbocycles. The van der Waals surface area contributed by atoms with E-state index >= 15 is 0 Å². The van der Waals surface area contributed by atoms with Gasteiger partial charge in [0.2, 0.25) is 5.89 Å². The molecule has 1 unspecified atom stereocenters. The van der Waals surface area contributed by atoms with E-state index < -0.39 is 0 Å². The van der Waals surface area contributed by atoms with Crippen LogP contribution in [0, 0.1) is 17.3 Å². The van der Waals surface area contributed by atoms with Gasteiger partial charge in [-0.25, -0.2) is 0 Å². The zero-order valence-electron chi connectivity index (χ0n) is 13.1.